The van der Waals surface area contributed by atoms with Crippen LogP contribution < -0.4 is 9.47 Å². The molecule has 2 aromatic carbocycles. The highest BCUT2D eigenvalue weighted by atomic mass is 19.1. The van der Waals surface area contributed by atoms with Crippen LogP contribution in [0.5, 0.6) is 11.5 Å². The predicted octanol–water partition coefficient (Wildman–Crippen LogP) is 3.10. The molecule has 0 amide bonds. The Bertz CT molecular complexity index is 983. The molecule has 0 spiro atoms. The minimum atomic E-state index is -0.853. The molecule has 1 atom stereocenters. The molecular weight excluding hydrogens is 327 g/mol. The molecule has 0 fully saturated rings. The lowest BCUT2D eigenvalue weighted by atomic mass is 10.1. The number of imidazole rings is 1. The van der Waals surface area contributed by atoms with Gasteiger partial charge >= 0.3 is 0 Å². The molecule has 126 valence electrons. The van der Waals surface area contributed by atoms with Crippen molar-refractivity contribution >= 4 is 23.6 Å². The standard InChI is InChI=1S/C18H13FN2O4/c19-10-21-14-6-11(4-5-13(14)20-17(21)8-23)16-9-24-15-3-1-2-12(7-22)18(15)25-16/h1-8,16H,9-10H2. The Labute approximate surface area is 141 Å². The number of benzene rings is 2. The summed E-state index contributed by atoms with van der Waals surface area (Å²) in [7, 11) is 0. The molecule has 1 aliphatic rings. The smallest absolute Gasteiger partial charge is 0.185 e. The average Bonchev–Trinajstić information content (AvgIpc) is 3.03. The van der Waals surface area contributed by atoms with Gasteiger partial charge < -0.3 is 9.47 Å². The summed E-state index contributed by atoms with van der Waals surface area (Å²) in [4.78, 5) is 26.3. The first kappa shape index (κ1) is 15.3. The molecule has 2 heterocycles. The Morgan fingerprint density at radius 2 is 2.12 bits per heavy atom. The minimum absolute atomic E-state index is 0.0315. The maximum absolute atomic E-state index is 13.3. The number of fused-ring (bicyclic) bond motifs is 2. The van der Waals surface area contributed by atoms with Gasteiger partial charge in [0, 0.05) is 0 Å². The van der Waals surface area contributed by atoms with Crippen molar-refractivity contribution in [2.75, 3.05) is 6.61 Å². The lowest BCUT2D eigenvalue weighted by molar-refractivity contribution is 0.0884. The second-order valence-corrected chi connectivity index (χ2v) is 5.59. The highest BCUT2D eigenvalue weighted by Crippen LogP contribution is 2.38. The van der Waals surface area contributed by atoms with E-state index < -0.39 is 12.9 Å². The van der Waals surface area contributed by atoms with E-state index in [0.29, 0.717) is 40.7 Å². The average molecular weight is 340 g/mol. The van der Waals surface area contributed by atoms with Crippen molar-refractivity contribution in [1.29, 1.82) is 0 Å². The summed E-state index contributed by atoms with van der Waals surface area (Å²) in [5.41, 5.74) is 2.17. The third kappa shape index (κ3) is 2.44. The molecular formula is C18H13FN2O4. The Balaban J connectivity index is 1.75. The van der Waals surface area contributed by atoms with Crippen LogP contribution in [-0.4, -0.2) is 28.7 Å². The monoisotopic (exact) mass is 340 g/mol. The Morgan fingerprint density at radius 3 is 2.88 bits per heavy atom. The van der Waals surface area contributed by atoms with E-state index in [1.54, 1.807) is 36.4 Å². The van der Waals surface area contributed by atoms with Crippen LogP contribution in [-0.2, 0) is 6.80 Å². The lowest BCUT2D eigenvalue weighted by Gasteiger charge is -2.27. The summed E-state index contributed by atoms with van der Waals surface area (Å²) in [6, 6.07) is 10.3. The predicted molar refractivity (Wildman–Crippen MR) is 86.9 cm³/mol. The molecule has 0 saturated heterocycles. The molecule has 0 N–H and O–H groups in total. The van der Waals surface area contributed by atoms with Crippen molar-refractivity contribution in [2.24, 2.45) is 0 Å². The van der Waals surface area contributed by atoms with Crippen LogP contribution in [0.15, 0.2) is 36.4 Å². The summed E-state index contributed by atoms with van der Waals surface area (Å²) in [5.74, 6) is 0.935. The van der Waals surface area contributed by atoms with E-state index in [0.717, 1.165) is 5.56 Å². The second-order valence-electron chi connectivity index (χ2n) is 5.59. The molecule has 3 aromatic rings. The molecule has 25 heavy (non-hydrogen) atoms. The number of hydrogen-bond donors (Lipinski definition) is 0. The number of aromatic nitrogens is 2. The first-order valence-electron chi connectivity index (χ1n) is 7.64. The van der Waals surface area contributed by atoms with Gasteiger partial charge in [-0.2, -0.15) is 0 Å². The molecule has 0 bridgehead atoms. The third-order valence-electron chi connectivity index (χ3n) is 4.19. The lowest BCUT2D eigenvalue weighted by Crippen LogP contribution is -2.22. The molecule has 0 radical (unpaired) electrons. The van der Waals surface area contributed by atoms with Crippen LogP contribution in [0.1, 0.15) is 32.6 Å². The molecule has 1 aliphatic heterocycles. The second kappa shape index (κ2) is 6.01. The quantitative estimate of drug-likeness (QED) is 0.683. The number of nitrogens with zero attached hydrogens (tertiary/aromatic N) is 2. The first-order chi connectivity index (χ1) is 12.2. The van der Waals surface area contributed by atoms with Gasteiger partial charge in [0.05, 0.1) is 16.6 Å². The summed E-state index contributed by atoms with van der Waals surface area (Å²) < 4.78 is 26.1. The normalized spacial score (nSPS) is 16.0. The summed E-state index contributed by atoms with van der Waals surface area (Å²) in [5, 5.41) is 0. The highest BCUT2D eigenvalue weighted by molar-refractivity contribution is 5.84. The van der Waals surface area contributed by atoms with Crippen LogP contribution in [0.3, 0.4) is 0 Å². The van der Waals surface area contributed by atoms with Crippen molar-refractivity contribution in [2.45, 2.75) is 12.9 Å². The SMILES string of the molecule is O=Cc1cccc2c1OC(c1ccc3nc(C=O)n(CF)c3c1)CO2. The summed E-state index contributed by atoms with van der Waals surface area (Å²) in [6.45, 7) is -0.598. The van der Waals surface area contributed by atoms with Crippen LogP contribution in [0, 0.1) is 0 Å². The van der Waals surface area contributed by atoms with Crippen molar-refractivity contribution in [1.82, 2.24) is 9.55 Å². The molecule has 7 heteroatoms. The molecule has 1 unspecified atom stereocenters. The number of carbonyl (C=O) groups excluding carboxylic acids is 2. The van der Waals surface area contributed by atoms with Gasteiger partial charge in [-0.1, -0.05) is 12.1 Å². The van der Waals surface area contributed by atoms with Crippen molar-refractivity contribution in [3.63, 3.8) is 0 Å². The Hall–Kier alpha value is -3.22. The molecule has 0 aliphatic carbocycles. The van der Waals surface area contributed by atoms with Crippen molar-refractivity contribution in [3.05, 3.63) is 53.3 Å². The highest BCUT2D eigenvalue weighted by Gasteiger charge is 2.25. The summed E-state index contributed by atoms with van der Waals surface area (Å²) in [6.07, 6.45) is 0.773. The van der Waals surface area contributed by atoms with Gasteiger partial charge in [-0.05, 0) is 29.8 Å². The van der Waals surface area contributed by atoms with Gasteiger partial charge in [-0.3, -0.25) is 14.2 Å². The van der Waals surface area contributed by atoms with Gasteiger partial charge in [-0.15, -0.1) is 0 Å². The van der Waals surface area contributed by atoms with Crippen LogP contribution >= 0.6 is 0 Å². The fourth-order valence-corrected chi connectivity index (χ4v) is 2.95. The molecule has 6 nitrogen and oxygen atoms in total. The number of alkyl halides is 1. The summed E-state index contributed by atoms with van der Waals surface area (Å²) >= 11 is 0. The first-order valence-corrected chi connectivity index (χ1v) is 7.64. The topological polar surface area (TPSA) is 70.4 Å². The van der Waals surface area contributed by atoms with E-state index in [9.17, 15) is 14.0 Å². The number of para-hydroxylation sites is 1. The van der Waals surface area contributed by atoms with Crippen molar-refractivity contribution in [3.8, 4) is 11.5 Å². The zero-order chi connectivity index (χ0) is 17.4. The van der Waals surface area contributed by atoms with Crippen LogP contribution in [0.25, 0.3) is 11.0 Å². The van der Waals surface area contributed by atoms with E-state index in [-0.39, 0.29) is 12.4 Å². The largest absolute Gasteiger partial charge is 0.485 e. The zero-order valence-corrected chi connectivity index (χ0v) is 13.0. The van der Waals surface area contributed by atoms with Gasteiger partial charge in [0.2, 0.25) is 0 Å². The number of hydrogen-bond acceptors (Lipinski definition) is 5. The maximum atomic E-state index is 13.3. The fraction of sp³-hybridized carbons (Fsp3) is 0.167. The van der Waals surface area contributed by atoms with E-state index in [4.69, 9.17) is 9.47 Å². The number of carbonyl (C=O) groups is 2. The third-order valence-corrected chi connectivity index (χ3v) is 4.19. The Kier molecular flexibility index (Phi) is 3.68. The molecule has 4 rings (SSSR count). The van der Waals surface area contributed by atoms with E-state index in [2.05, 4.69) is 4.98 Å². The van der Waals surface area contributed by atoms with E-state index in [1.807, 2.05) is 0 Å². The fourth-order valence-electron chi connectivity index (χ4n) is 2.95. The van der Waals surface area contributed by atoms with Gasteiger partial charge in [0.15, 0.2) is 42.8 Å². The van der Waals surface area contributed by atoms with Crippen LogP contribution in [0.2, 0.25) is 0 Å². The molecule has 0 saturated carbocycles. The van der Waals surface area contributed by atoms with Gasteiger partial charge in [-0.25, -0.2) is 9.37 Å². The van der Waals surface area contributed by atoms with Gasteiger partial charge in [0.1, 0.15) is 6.61 Å². The number of halogens is 1. The minimum Gasteiger partial charge on any atom is -0.485 e. The van der Waals surface area contributed by atoms with E-state index in [1.165, 1.54) is 4.57 Å². The number of ether oxygens (including phenoxy) is 2. The van der Waals surface area contributed by atoms with Crippen LogP contribution in [0.4, 0.5) is 4.39 Å². The van der Waals surface area contributed by atoms with Crippen molar-refractivity contribution < 1.29 is 23.5 Å². The van der Waals surface area contributed by atoms with Gasteiger partial charge in [0.25, 0.3) is 0 Å². The number of aldehydes is 2. The maximum Gasteiger partial charge on any atom is 0.185 e. The number of rotatable bonds is 4. The zero-order valence-electron chi connectivity index (χ0n) is 13.0. The molecule has 1 aromatic heterocycles. The van der Waals surface area contributed by atoms with E-state index >= 15 is 0 Å². The Morgan fingerprint density at radius 1 is 1.24 bits per heavy atom.